The molecule has 3 heterocycles. The van der Waals surface area contributed by atoms with E-state index >= 15 is 0 Å². The van der Waals surface area contributed by atoms with Crippen LogP contribution < -0.4 is 10.6 Å². The molecule has 110 valence electrons. The predicted molar refractivity (Wildman–Crippen MR) is 84.1 cm³/mol. The standard InChI is InChI=1S/C13H12Cl2N4OS/c14-7-4-8(15)11-12(19-21-18-11)10(7)17-13(20)6-3-5-1-2-9(6)16-5/h4-6,9,16H,1-3H2,(H,17,20). The Kier molecular flexibility index (Phi) is 3.29. The van der Waals surface area contributed by atoms with E-state index in [1.165, 1.54) is 0 Å². The number of nitrogens with zero attached hydrogens (tertiary/aromatic N) is 2. The minimum atomic E-state index is -0.00628. The predicted octanol–water partition coefficient (Wildman–Crippen LogP) is 3.08. The number of carbonyl (C=O) groups excluding carboxylic acids is 1. The van der Waals surface area contributed by atoms with Gasteiger partial charge >= 0.3 is 0 Å². The maximum atomic E-state index is 12.5. The first-order valence-corrected chi connectivity index (χ1v) is 8.29. The van der Waals surface area contributed by atoms with Gasteiger partial charge in [-0.3, -0.25) is 4.79 Å². The molecule has 4 rings (SSSR count). The lowest BCUT2D eigenvalue weighted by Gasteiger charge is -2.19. The topological polar surface area (TPSA) is 66.9 Å². The summed E-state index contributed by atoms with van der Waals surface area (Å²) in [6.45, 7) is 0. The molecule has 2 bridgehead atoms. The van der Waals surface area contributed by atoms with E-state index in [2.05, 4.69) is 19.4 Å². The van der Waals surface area contributed by atoms with Gasteiger partial charge in [-0.15, -0.1) is 0 Å². The van der Waals surface area contributed by atoms with Gasteiger partial charge in [0.2, 0.25) is 5.91 Å². The van der Waals surface area contributed by atoms with Gasteiger partial charge < -0.3 is 10.6 Å². The molecule has 1 aromatic carbocycles. The molecule has 1 aromatic heterocycles. The van der Waals surface area contributed by atoms with Crippen LogP contribution in [0, 0.1) is 5.92 Å². The number of rotatable bonds is 2. The van der Waals surface area contributed by atoms with E-state index in [1.807, 2.05) is 0 Å². The average molecular weight is 343 g/mol. The Morgan fingerprint density at radius 1 is 1.29 bits per heavy atom. The van der Waals surface area contributed by atoms with E-state index in [4.69, 9.17) is 23.2 Å². The molecule has 3 atom stereocenters. The lowest BCUT2D eigenvalue weighted by atomic mass is 9.88. The zero-order valence-corrected chi connectivity index (χ0v) is 13.2. The molecule has 0 radical (unpaired) electrons. The fourth-order valence-electron chi connectivity index (χ4n) is 3.32. The molecular weight excluding hydrogens is 331 g/mol. The van der Waals surface area contributed by atoms with Gasteiger partial charge in [-0.05, 0) is 25.3 Å². The number of anilines is 1. The summed E-state index contributed by atoms with van der Waals surface area (Å²) in [5.41, 5.74) is 1.65. The first-order chi connectivity index (χ1) is 10.1. The van der Waals surface area contributed by atoms with Gasteiger partial charge in [-0.2, -0.15) is 8.75 Å². The highest BCUT2D eigenvalue weighted by molar-refractivity contribution is 7.00. The average Bonchev–Trinajstić information content (AvgIpc) is 3.17. The van der Waals surface area contributed by atoms with Crippen molar-refractivity contribution in [2.24, 2.45) is 5.92 Å². The molecule has 5 nitrogen and oxygen atoms in total. The molecular formula is C13H12Cl2N4OS. The van der Waals surface area contributed by atoms with Crippen LogP contribution in [-0.2, 0) is 4.79 Å². The summed E-state index contributed by atoms with van der Waals surface area (Å²) in [4.78, 5) is 12.5. The fourth-order valence-corrected chi connectivity index (χ4v) is 4.48. The molecule has 8 heteroatoms. The van der Waals surface area contributed by atoms with Gasteiger partial charge in [-0.25, -0.2) is 0 Å². The Labute approximate surface area is 135 Å². The minimum absolute atomic E-state index is 0.00265. The zero-order valence-electron chi connectivity index (χ0n) is 10.9. The second-order valence-corrected chi connectivity index (χ2v) is 6.90. The summed E-state index contributed by atoms with van der Waals surface area (Å²) >= 11 is 13.4. The second kappa shape index (κ2) is 5.05. The van der Waals surface area contributed by atoms with Crippen molar-refractivity contribution < 1.29 is 4.79 Å². The molecule has 0 spiro atoms. The second-order valence-electron chi connectivity index (χ2n) is 5.56. The molecule has 2 N–H and O–H groups in total. The van der Waals surface area contributed by atoms with Crippen molar-refractivity contribution in [3.8, 4) is 0 Å². The maximum Gasteiger partial charge on any atom is 0.229 e. The van der Waals surface area contributed by atoms with Gasteiger partial charge in [-0.1, -0.05) is 23.2 Å². The van der Waals surface area contributed by atoms with Crippen LogP contribution >= 0.6 is 34.9 Å². The first-order valence-electron chi connectivity index (χ1n) is 6.80. The van der Waals surface area contributed by atoms with Crippen LogP contribution in [0.25, 0.3) is 11.0 Å². The maximum absolute atomic E-state index is 12.5. The van der Waals surface area contributed by atoms with Gasteiger partial charge in [0.25, 0.3) is 0 Å². The Morgan fingerprint density at radius 2 is 2.10 bits per heavy atom. The molecule has 2 aromatic rings. The monoisotopic (exact) mass is 342 g/mol. The number of fused-ring (bicyclic) bond motifs is 3. The summed E-state index contributed by atoms with van der Waals surface area (Å²) in [6, 6.07) is 2.36. The molecule has 3 unspecified atom stereocenters. The van der Waals surface area contributed by atoms with E-state index in [0.717, 1.165) is 31.0 Å². The number of amides is 1. The quantitative estimate of drug-likeness (QED) is 0.879. The molecule has 0 aliphatic carbocycles. The SMILES string of the molecule is O=C(Nc1c(Cl)cc(Cl)c2nsnc12)C1CC2CCC1N2. The van der Waals surface area contributed by atoms with Crippen LogP contribution in [0.5, 0.6) is 0 Å². The van der Waals surface area contributed by atoms with Gasteiger partial charge in [0, 0.05) is 12.1 Å². The van der Waals surface area contributed by atoms with Crippen LogP contribution in [-0.4, -0.2) is 26.7 Å². The lowest BCUT2D eigenvalue weighted by Crippen LogP contribution is -2.33. The normalized spacial score (nSPS) is 27.4. The number of halogens is 2. The summed E-state index contributed by atoms with van der Waals surface area (Å²) in [5, 5.41) is 7.23. The summed E-state index contributed by atoms with van der Waals surface area (Å²) in [7, 11) is 0. The Balaban J connectivity index is 1.65. The van der Waals surface area contributed by atoms with E-state index in [0.29, 0.717) is 32.8 Å². The van der Waals surface area contributed by atoms with Crippen LogP contribution in [0.4, 0.5) is 5.69 Å². The van der Waals surface area contributed by atoms with E-state index in [1.54, 1.807) is 6.07 Å². The van der Waals surface area contributed by atoms with Crippen LogP contribution in [0.1, 0.15) is 19.3 Å². The Bertz CT molecular complexity index is 734. The fraction of sp³-hybridized carbons (Fsp3) is 0.462. The van der Waals surface area contributed by atoms with E-state index < -0.39 is 0 Å². The molecule has 2 saturated heterocycles. The highest BCUT2D eigenvalue weighted by Crippen LogP contribution is 2.38. The lowest BCUT2D eigenvalue weighted by molar-refractivity contribution is -0.120. The number of nitrogens with one attached hydrogen (secondary N) is 2. The number of hydrogen-bond donors (Lipinski definition) is 2. The largest absolute Gasteiger partial charge is 0.323 e. The molecule has 1 amide bonds. The highest BCUT2D eigenvalue weighted by Gasteiger charge is 2.42. The van der Waals surface area contributed by atoms with Crippen LogP contribution in [0.2, 0.25) is 10.0 Å². The van der Waals surface area contributed by atoms with Crippen molar-refractivity contribution in [1.29, 1.82) is 0 Å². The number of carbonyl (C=O) groups is 1. The van der Waals surface area contributed by atoms with Gasteiger partial charge in [0.1, 0.15) is 11.0 Å². The van der Waals surface area contributed by atoms with Gasteiger partial charge in [0.05, 0.1) is 33.4 Å². The summed E-state index contributed by atoms with van der Waals surface area (Å²) in [6.07, 6.45) is 3.11. The van der Waals surface area contributed by atoms with E-state index in [-0.39, 0.29) is 17.9 Å². The number of aromatic nitrogens is 2. The van der Waals surface area contributed by atoms with Crippen molar-refractivity contribution >= 4 is 57.6 Å². The van der Waals surface area contributed by atoms with Crippen molar-refractivity contribution in [2.45, 2.75) is 31.3 Å². The molecule has 2 fully saturated rings. The summed E-state index contributed by atoms with van der Waals surface area (Å²) < 4.78 is 8.34. The Hall–Kier alpha value is -0.950. The van der Waals surface area contributed by atoms with E-state index in [9.17, 15) is 4.79 Å². The third-order valence-electron chi connectivity index (χ3n) is 4.33. The molecule has 0 saturated carbocycles. The third kappa shape index (κ3) is 2.21. The number of hydrogen-bond acceptors (Lipinski definition) is 5. The first kappa shape index (κ1) is 13.7. The Morgan fingerprint density at radius 3 is 2.81 bits per heavy atom. The zero-order chi connectivity index (χ0) is 14.6. The molecule has 2 aliphatic rings. The minimum Gasteiger partial charge on any atom is -0.323 e. The molecule has 2 aliphatic heterocycles. The van der Waals surface area contributed by atoms with Crippen LogP contribution in [0.3, 0.4) is 0 Å². The van der Waals surface area contributed by atoms with Crippen molar-refractivity contribution in [3.05, 3.63) is 16.1 Å². The van der Waals surface area contributed by atoms with Crippen molar-refractivity contribution in [1.82, 2.24) is 14.1 Å². The van der Waals surface area contributed by atoms with Gasteiger partial charge in [0.15, 0.2) is 0 Å². The molecule has 21 heavy (non-hydrogen) atoms. The highest BCUT2D eigenvalue weighted by atomic mass is 35.5. The third-order valence-corrected chi connectivity index (χ3v) is 5.44. The van der Waals surface area contributed by atoms with Crippen LogP contribution in [0.15, 0.2) is 6.07 Å². The van der Waals surface area contributed by atoms with Crippen molar-refractivity contribution in [2.75, 3.05) is 5.32 Å². The number of benzene rings is 1. The smallest absolute Gasteiger partial charge is 0.229 e. The van der Waals surface area contributed by atoms with Crippen molar-refractivity contribution in [3.63, 3.8) is 0 Å². The summed E-state index contributed by atoms with van der Waals surface area (Å²) in [5.74, 6) is -0.00892.